The Morgan fingerprint density at radius 3 is 2.65 bits per heavy atom. The molecule has 0 aliphatic heterocycles. The number of hydrogen-bond acceptors (Lipinski definition) is 2. The summed E-state index contributed by atoms with van der Waals surface area (Å²) in [6.45, 7) is 0. The Bertz CT molecular complexity index is 331. The van der Waals surface area contributed by atoms with Gasteiger partial charge >= 0.3 is 0 Å². The summed E-state index contributed by atoms with van der Waals surface area (Å²) in [5.74, 6) is 1.63. The van der Waals surface area contributed by atoms with Crippen molar-refractivity contribution in [3.8, 4) is 5.75 Å². The molecule has 1 aromatic carbocycles. The molecular formula is C15H22O2. The highest BCUT2D eigenvalue weighted by Gasteiger charge is 2.19. The van der Waals surface area contributed by atoms with Crippen LogP contribution in [0.5, 0.6) is 5.75 Å². The van der Waals surface area contributed by atoms with Crippen LogP contribution < -0.4 is 4.74 Å². The summed E-state index contributed by atoms with van der Waals surface area (Å²) in [4.78, 5) is 0. The third-order valence-electron chi connectivity index (χ3n) is 3.76. The van der Waals surface area contributed by atoms with Crippen molar-refractivity contribution in [3.63, 3.8) is 0 Å². The minimum Gasteiger partial charge on any atom is -0.497 e. The lowest BCUT2D eigenvalue weighted by Gasteiger charge is -2.25. The van der Waals surface area contributed by atoms with E-state index in [2.05, 4.69) is 12.1 Å². The monoisotopic (exact) mass is 234 g/mol. The normalized spacial score (nSPS) is 24.6. The van der Waals surface area contributed by atoms with Crippen molar-refractivity contribution in [2.24, 2.45) is 5.92 Å². The summed E-state index contributed by atoms with van der Waals surface area (Å²) >= 11 is 0. The lowest BCUT2D eigenvalue weighted by molar-refractivity contribution is 0.0984. The zero-order valence-corrected chi connectivity index (χ0v) is 10.6. The largest absolute Gasteiger partial charge is 0.497 e. The first-order valence-electron chi connectivity index (χ1n) is 6.59. The minimum absolute atomic E-state index is 0.0513. The molecular weight excluding hydrogens is 212 g/mol. The molecule has 2 rings (SSSR count). The van der Waals surface area contributed by atoms with E-state index in [1.165, 1.54) is 24.8 Å². The minimum atomic E-state index is -0.0513. The number of ether oxygens (including phenoxy) is 1. The summed E-state index contributed by atoms with van der Waals surface area (Å²) in [6.07, 6.45) is 6.73. The topological polar surface area (TPSA) is 29.5 Å². The first-order valence-corrected chi connectivity index (χ1v) is 6.59. The van der Waals surface area contributed by atoms with Gasteiger partial charge in [-0.05, 0) is 49.3 Å². The van der Waals surface area contributed by atoms with Gasteiger partial charge < -0.3 is 9.84 Å². The molecule has 2 atom stereocenters. The van der Waals surface area contributed by atoms with E-state index in [-0.39, 0.29) is 6.10 Å². The van der Waals surface area contributed by atoms with Crippen molar-refractivity contribution >= 4 is 0 Å². The van der Waals surface area contributed by atoms with E-state index in [1.54, 1.807) is 7.11 Å². The molecule has 1 saturated carbocycles. The van der Waals surface area contributed by atoms with Crippen LogP contribution in [0.2, 0.25) is 0 Å². The molecule has 0 radical (unpaired) electrons. The van der Waals surface area contributed by atoms with E-state index in [1.807, 2.05) is 12.1 Å². The highest BCUT2D eigenvalue weighted by atomic mass is 16.5. The van der Waals surface area contributed by atoms with E-state index < -0.39 is 0 Å². The molecule has 1 N–H and O–H groups in total. The zero-order chi connectivity index (χ0) is 12.1. The standard InChI is InChI=1S/C15H22O2/c1-17-15-9-7-12(8-10-15)5-6-13-3-2-4-14(16)11-13/h7-10,13-14,16H,2-6,11H2,1H3/t13-,14-/m0/s1. The summed E-state index contributed by atoms with van der Waals surface area (Å²) in [5.41, 5.74) is 1.37. The molecule has 0 spiro atoms. The molecule has 1 fully saturated rings. The smallest absolute Gasteiger partial charge is 0.118 e. The fourth-order valence-corrected chi connectivity index (χ4v) is 2.69. The molecule has 0 unspecified atom stereocenters. The van der Waals surface area contributed by atoms with Crippen LogP contribution >= 0.6 is 0 Å². The van der Waals surface area contributed by atoms with Gasteiger partial charge in [-0.1, -0.05) is 25.0 Å². The molecule has 0 aromatic heterocycles. The molecule has 1 aromatic rings. The van der Waals surface area contributed by atoms with Crippen molar-refractivity contribution in [1.82, 2.24) is 0 Å². The van der Waals surface area contributed by atoms with Gasteiger partial charge in [-0.25, -0.2) is 0 Å². The highest BCUT2D eigenvalue weighted by molar-refractivity contribution is 5.27. The van der Waals surface area contributed by atoms with E-state index in [0.717, 1.165) is 25.0 Å². The number of aryl methyl sites for hydroxylation is 1. The second-order valence-corrected chi connectivity index (χ2v) is 5.07. The Balaban J connectivity index is 1.80. The van der Waals surface area contributed by atoms with Gasteiger partial charge in [0.1, 0.15) is 5.75 Å². The number of aliphatic hydroxyl groups excluding tert-OH is 1. The number of aliphatic hydroxyl groups is 1. The van der Waals surface area contributed by atoms with Crippen LogP contribution in [0.1, 0.15) is 37.7 Å². The predicted octanol–water partition coefficient (Wildman–Crippen LogP) is 3.18. The van der Waals surface area contributed by atoms with Crippen LogP contribution in [0.25, 0.3) is 0 Å². The molecule has 94 valence electrons. The van der Waals surface area contributed by atoms with Crippen LogP contribution in [-0.4, -0.2) is 18.3 Å². The van der Waals surface area contributed by atoms with E-state index in [9.17, 15) is 5.11 Å². The lowest BCUT2D eigenvalue weighted by atomic mass is 9.83. The SMILES string of the molecule is COc1ccc(CC[C@@H]2CCC[C@H](O)C2)cc1. The highest BCUT2D eigenvalue weighted by Crippen LogP contribution is 2.28. The van der Waals surface area contributed by atoms with Crippen LogP contribution in [0.15, 0.2) is 24.3 Å². The maximum Gasteiger partial charge on any atom is 0.118 e. The molecule has 2 heteroatoms. The molecule has 0 amide bonds. The first-order chi connectivity index (χ1) is 8.28. The molecule has 1 aliphatic rings. The van der Waals surface area contributed by atoms with Crippen LogP contribution in [0, 0.1) is 5.92 Å². The third kappa shape index (κ3) is 3.74. The predicted molar refractivity (Wildman–Crippen MR) is 69.3 cm³/mol. The van der Waals surface area contributed by atoms with Gasteiger partial charge in [0.15, 0.2) is 0 Å². The average Bonchev–Trinajstić information content (AvgIpc) is 2.37. The molecule has 17 heavy (non-hydrogen) atoms. The quantitative estimate of drug-likeness (QED) is 0.867. The van der Waals surface area contributed by atoms with Crippen LogP contribution in [0.4, 0.5) is 0 Å². The van der Waals surface area contributed by atoms with Crippen molar-refractivity contribution in [3.05, 3.63) is 29.8 Å². The van der Waals surface area contributed by atoms with Gasteiger partial charge in [0.25, 0.3) is 0 Å². The fraction of sp³-hybridized carbons (Fsp3) is 0.600. The van der Waals surface area contributed by atoms with Crippen LogP contribution in [0.3, 0.4) is 0 Å². The number of rotatable bonds is 4. The summed E-state index contributed by atoms with van der Waals surface area (Å²) in [7, 11) is 1.69. The van der Waals surface area contributed by atoms with Crippen molar-refractivity contribution in [1.29, 1.82) is 0 Å². The van der Waals surface area contributed by atoms with Gasteiger partial charge in [0.05, 0.1) is 13.2 Å². The Labute approximate surface area is 104 Å². The maximum atomic E-state index is 9.63. The van der Waals surface area contributed by atoms with Crippen LogP contribution in [-0.2, 0) is 6.42 Å². The van der Waals surface area contributed by atoms with Gasteiger partial charge in [-0.2, -0.15) is 0 Å². The number of hydrogen-bond donors (Lipinski definition) is 1. The number of methoxy groups -OCH3 is 1. The van der Waals surface area contributed by atoms with Crippen molar-refractivity contribution < 1.29 is 9.84 Å². The Morgan fingerprint density at radius 1 is 1.24 bits per heavy atom. The zero-order valence-electron chi connectivity index (χ0n) is 10.6. The van der Waals surface area contributed by atoms with Gasteiger partial charge in [0.2, 0.25) is 0 Å². The second-order valence-electron chi connectivity index (χ2n) is 5.07. The molecule has 2 nitrogen and oxygen atoms in total. The maximum absolute atomic E-state index is 9.63. The Hall–Kier alpha value is -1.02. The van der Waals surface area contributed by atoms with E-state index >= 15 is 0 Å². The van der Waals surface area contributed by atoms with Crippen molar-refractivity contribution in [2.45, 2.75) is 44.6 Å². The fourth-order valence-electron chi connectivity index (χ4n) is 2.69. The Kier molecular flexibility index (Phi) is 4.43. The average molecular weight is 234 g/mol. The van der Waals surface area contributed by atoms with E-state index in [0.29, 0.717) is 5.92 Å². The summed E-state index contributed by atoms with van der Waals surface area (Å²) in [5, 5.41) is 9.63. The van der Waals surface area contributed by atoms with E-state index in [4.69, 9.17) is 4.74 Å². The molecule has 0 saturated heterocycles. The summed E-state index contributed by atoms with van der Waals surface area (Å²) in [6, 6.07) is 8.31. The lowest BCUT2D eigenvalue weighted by Crippen LogP contribution is -2.19. The molecule has 0 heterocycles. The van der Waals surface area contributed by atoms with Gasteiger partial charge in [-0.15, -0.1) is 0 Å². The van der Waals surface area contributed by atoms with Gasteiger partial charge in [-0.3, -0.25) is 0 Å². The van der Waals surface area contributed by atoms with Crippen molar-refractivity contribution in [2.75, 3.05) is 7.11 Å². The first kappa shape index (κ1) is 12.4. The summed E-state index contributed by atoms with van der Waals surface area (Å²) < 4.78 is 5.14. The Morgan fingerprint density at radius 2 is 2.00 bits per heavy atom. The molecule has 1 aliphatic carbocycles. The van der Waals surface area contributed by atoms with Gasteiger partial charge in [0, 0.05) is 0 Å². The third-order valence-corrected chi connectivity index (χ3v) is 3.76. The second kappa shape index (κ2) is 6.06. The molecule has 0 bridgehead atoms. The number of benzene rings is 1.